The van der Waals surface area contributed by atoms with Gasteiger partial charge in [-0.3, -0.25) is 0 Å². The van der Waals surface area contributed by atoms with Gasteiger partial charge in [0, 0.05) is 5.92 Å². The second-order valence-corrected chi connectivity index (χ2v) is 2.35. The summed E-state index contributed by atoms with van der Waals surface area (Å²) in [5.41, 5.74) is 3.07. The molecule has 54 valence electrons. The third-order valence-corrected chi connectivity index (χ3v) is 1.85. The molecular formula is C10H14. The van der Waals surface area contributed by atoms with Gasteiger partial charge in [0.25, 0.3) is 0 Å². The number of hydrogen-bond donors (Lipinski definition) is 0. The first kappa shape index (κ1) is 7.33. The SMILES string of the molecule is CC.CC1c2ccccc21. The Hall–Kier alpha value is -0.780. The Kier molecular flexibility index (Phi) is 2.10. The first-order valence-electron chi connectivity index (χ1n) is 3.98. The van der Waals surface area contributed by atoms with E-state index < -0.39 is 0 Å². The number of hydrogen-bond acceptors (Lipinski definition) is 0. The summed E-state index contributed by atoms with van der Waals surface area (Å²) in [7, 11) is 0. The molecule has 0 N–H and O–H groups in total. The normalized spacial score (nSPS) is 13.1. The maximum atomic E-state index is 2.24. The number of fused-ring (bicyclic) bond motifs is 1. The second-order valence-electron chi connectivity index (χ2n) is 2.35. The quantitative estimate of drug-likeness (QED) is 0.511. The van der Waals surface area contributed by atoms with Crippen molar-refractivity contribution in [3.05, 3.63) is 35.4 Å². The van der Waals surface area contributed by atoms with Crippen molar-refractivity contribution in [3.8, 4) is 0 Å². The van der Waals surface area contributed by atoms with Crippen molar-refractivity contribution in [2.75, 3.05) is 0 Å². The van der Waals surface area contributed by atoms with Gasteiger partial charge in [0.15, 0.2) is 0 Å². The van der Waals surface area contributed by atoms with Crippen LogP contribution in [0.25, 0.3) is 0 Å². The minimum Gasteiger partial charge on any atom is -0.0683 e. The highest BCUT2D eigenvalue weighted by Gasteiger charge is 2.25. The Morgan fingerprint density at radius 2 is 1.40 bits per heavy atom. The van der Waals surface area contributed by atoms with Gasteiger partial charge >= 0.3 is 0 Å². The van der Waals surface area contributed by atoms with Crippen LogP contribution in [0.3, 0.4) is 0 Å². The molecule has 1 aromatic rings. The first-order chi connectivity index (χ1) is 4.89. The van der Waals surface area contributed by atoms with Crippen LogP contribution in [-0.2, 0) is 0 Å². The van der Waals surface area contributed by atoms with Crippen LogP contribution >= 0.6 is 0 Å². The maximum Gasteiger partial charge on any atom is 0.00669 e. The molecule has 0 nitrogen and oxygen atoms in total. The Balaban J connectivity index is 0.000000231. The minimum atomic E-state index is 0.769. The Bertz CT molecular complexity index is 190. The van der Waals surface area contributed by atoms with Crippen molar-refractivity contribution in [2.24, 2.45) is 0 Å². The van der Waals surface area contributed by atoms with Crippen molar-refractivity contribution >= 4 is 0 Å². The maximum absolute atomic E-state index is 2.24. The summed E-state index contributed by atoms with van der Waals surface area (Å²) < 4.78 is 0. The molecule has 0 saturated carbocycles. The second kappa shape index (κ2) is 2.87. The summed E-state index contributed by atoms with van der Waals surface area (Å²) in [4.78, 5) is 0. The third kappa shape index (κ3) is 1.06. The van der Waals surface area contributed by atoms with E-state index in [1.54, 1.807) is 0 Å². The molecule has 0 atom stereocenters. The highest BCUT2D eigenvalue weighted by molar-refractivity contribution is 5.50. The summed E-state index contributed by atoms with van der Waals surface area (Å²) in [5, 5.41) is 0. The van der Waals surface area contributed by atoms with E-state index in [4.69, 9.17) is 0 Å². The smallest absolute Gasteiger partial charge is 0.00669 e. The van der Waals surface area contributed by atoms with E-state index in [2.05, 4.69) is 31.2 Å². The van der Waals surface area contributed by atoms with E-state index >= 15 is 0 Å². The summed E-state index contributed by atoms with van der Waals surface area (Å²) in [6, 6.07) is 8.59. The van der Waals surface area contributed by atoms with Crippen LogP contribution in [0.2, 0.25) is 0 Å². The predicted octanol–water partition coefficient (Wildman–Crippen LogP) is 3.18. The standard InChI is InChI=1S/C8H8.C2H6/c1-6-7-4-2-3-5-8(6)7;1-2/h2-6H,1H3;1-2H3. The molecule has 0 saturated heterocycles. The van der Waals surface area contributed by atoms with Gasteiger partial charge in [0.05, 0.1) is 0 Å². The van der Waals surface area contributed by atoms with Gasteiger partial charge in [-0.05, 0) is 11.1 Å². The van der Waals surface area contributed by atoms with E-state index in [1.165, 1.54) is 11.1 Å². The van der Waals surface area contributed by atoms with Crippen LogP contribution in [0.4, 0.5) is 0 Å². The van der Waals surface area contributed by atoms with Gasteiger partial charge < -0.3 is 0 Å². The van der Waals surface area contributed by atoms with Crippen LogP contribution in [-0.4, -0.2) is 0 Å². The average Bonchev–Trinajstić information content (AvgIpc) is 2.68. The zero-order valence-corrected chi connectivity index (χ0v) is 6.89. The van der Waals surface area contributed by atoms with Gasteiger partial charge in [-0.2, -0.15) is 0 Å². The summed E-state index contributed by atoms with van der Waals surface area (Å²) in [5.74, 6) is 0.769. The monoisotopic (exact) mass is 134 g/mol. The molecule has 0 aliphatic heterocycles. The highest BCUT2D eigenvalue weighted by atomic mass is 14.3. The Morgan fingerprint density at radius 3 is 1.70 bits per heavy atom. The molecule has 0 aromatic heterocycles. The van der Waals surface area contributed by atoms with Gasteiger partial charge in [-0.1, -0.05) is 45.0 Å². The van der Waals surface area contributed by atoms with Crippen LogP contribution in [0.1, 0.15) is 37.8 Å². The van der Waals surface area contributed by atoms with Gasteiger partial charge in [0.2, 0.25) is 0 Å². The lowest BCUT2D eigenvalue weighted by Gasteiger charge is -1.68. The van der Waals surface area contributed by atoms with Gasteiger partial charge in [-0.15, -0.1) is 0 Å². The lowest BCUT2D eigenvalue weighted by Crippen LogP contribution is -1.50. The largest absolute Gasteiger partial charge is 0.0683 e. The van der Waals surface area contributed by atoms with Crippen molar-refractivity contribution in [2.45, 2.75) is 26.7 Å². The lowest BCUT2D eigenvalue weighted by molar-refractivity contribution is 1.14. The molecule has 2 rings (SSSR count). The number of rotatable bonds is 0. The molecule has 1 aliphatic carbocycles. The molecule has 0 radical (unpaired) electrons. The molecule has 0 bridgehead atoms. The first-order valence-corrected chi connectivity index (χ1v) is 3.98. The molecule has 1 aliphatic rings. The zero-order valence-electron chi connectivity index (χ0n) is 6.89. The van der Waals surface area contributed by atoms with Crippen LogP contribution in [0.5, 0.6) is 0 Å². The van der Waals surface area contributed by atoms with E-state index in [9.17, 15) is 0 Å². The van der Waals surface area contributed by atoms with E-state index in [0.29, 0.717) is 0 Å². The summed E-state index contributed by atoms with van der Waals surface area (Å²) in [6.07, 6.45) is 0. The molecule has 0 fully saturated rings. The fourth-order valence-electron chi connectivity index (χ4n) is 1.18. The van der Waals surface area contributed by atoms with Gasteiger partial charge in [0.1, 0.15) is 0 Å². The summed E-state index contributed by atoms with van der Waals surface area (Å²) in [6.45, 7) is 6.24. The minimum absolute atomic E-state index is 0.769. The van der Waals surface area contributed by atoms with E-state index in [0.717, 1.165) is 5.92 Å². The van der Waals surface area contributed by atoms with Gasteiger partial charge in [-0.25, -0.2) is 0 Å². The molecule has 0 unspecified atom stereocenters. The van der Waals surface area contributed by atoms with Crippen LogP contribution in [0.15, 0.2) is 24.3 Å². The van der Waals surface area contributed by atoms with Crippen molar-refractivity contribution < 1.29 is 0 Å². The third-order valence-electron chi connectivity index (χ3n) is 1.85. The molecule has 1 aromatic carbocycles. The average molecular weight is 134 g/mol. The molecule has 0 heterocycles. The van der Waals surface area contributed by atoms with Crippen molar-refractivity contribution in [1.29, 1.82) is 0 Å². The topological polar surface area (TPSA) is 0 Å². The Labute approximate surface area is 62.9 Å². The van der Waals surface area contributed by atoms with Crippen molar-refractivity contribution in [3.63, 3.8) is 0 Å². The molecule has 10 heavy (non-hydrogen) atoms. The van der Waals surface area contributed by atoms with Crippen LogP contribution in [0, 0.1) is 0 Å². The fraction of sp³-hybridized carbons (Fsp3) is 0.400. The van der Waals surface area contributed by atoms with E-state index in [1.807, 2.05) is 13.8 Å². The number of benzene rings is 1. The van der Waals surface area contributed by atoms with Crippen molar-refractivity contribution in [1.82, 2.24) is 0 Å². The Morgan fingerprint density at radius 1 is 1.00 bits per heavy atom. The van der Waals surface area contributed by atoms with E-state index in [-0.39, 0.29) is 0 Å². The predicted molar refractivity (Wildman–Crippen MR) is 45.3 cm³/mol. The molecule has 0 heteroatoms. The molecule has 0 amide bonds. The zero-order chi connectivity index (χ0) is 7.56. The molecular weight excluding hydrogens is 120 g/mol. The lowest BCUT2D eigenvalue weighted by atomic mass is 10.4. The van der Waals surface area contributed by atoms with Crippen LogP contribution < -0.4 is 0 Å². The summed E-state index contributed by atoms with van der Waals surface area (Å²) >= 11 is 0. The highest BCUT2D eigenvalue weighted by Crippen LogP contribution is 2.41. The molecule has 0 spiro atoms. The fourth-order valence-corrected chi connectivity index (χ4v) is 1.18.